The van der Waals surface area contributed by atoms with E-state index >= 15 is 0 Å². The van der Waals surface area contributed by atoms with Crippen LogP contribution in [-0.2, 0) is 0 Å². The van der Waals surface area contributed by atoms with Gasteiger partial charge in [-0.05, 0) is 33.6 Å². The van der Waals surface area contributed by atoms with Crippen molar-refractivity contribution in [3.05, 3.63) is 34.3 Å². The van der Waals surface area contributed by atoms with E-state index in [0.717, 1.165) is 23.1 Å². The van der Waals surface area contributed by atoms with Crippen LogP contribution < -0.4 is 0 Å². The fraction of sp³-hybridized carbons (Fsp3) is 0.533. The third kappa shape index (κ3) is 5.05. The van der Waals surface area contributed by atoms with E-state index in [2.05, 4.69) is 53.7 Å². The zero-order valence-electron chi connectivity index (χ0n) is 12.2. The molecule has 1 aromatic rings. The van der Waals surface area contributed by atoms with E-state index in [9.17, 15) is 4.79 Å². The highest BCUT2D eigenvalue weighted by atomic mass is 79.9. The largest absolute Gasteiger partial charge is 0.308 e. The van der Waals surface area contributed by atoms with Gasteiger partial charge in [-0.15, -0.1) is 0 Å². The molecule has 0 radical (unpaired) electrons. The SMILES string of the molecule is CCN(CC(=O)c1ccccc1Br)C(C)CN(C)C. The van der Waals surface area contributed by atoms with Crippen LogP contribution in [0.3, 0.4) is 0 Å². The number of hydrogen-bond acceptors (Lipinski definition) is 3. The molecule has 0 saturated heterocycles. The molecule has 19 heavy (non-hydrogen) atoms. The fourth-order valence-electron chi connectivity index (χ4n) is 2.18. The summed E-state index contributed by atoms with van der Waals surface area (Å²) in [4.78, 5) is 16.7. The minimum Gasteiger partial charge on any atom is -0.308 e. The molecule has 0 bridgehead atoms. The second-order valence-corrected chi connectivity index (χ2v) is 5.93. The molecule has 1 aromatic carbocycles. The van der Waals surface area contributed by atoms with Gasteiger partial charge < -0.3 is 4.90 Å². The summed E-state index contributed by atoms with van der Waals surface area (Å²) in [5.41, 5.74) is 0.762. The van der Waals surface area contributed by atoms with Gasteiger partial charge in [0.25, 0.3) is 0 Å². The van der Waals surface area contributed by atoms with Gasteiger partial charge in [0.15, 0.2) is 5.78 Å². The van der Waals surface area contributed by atoms with Crippen molar-refractivity contribution in [2.45, 2.75) is 19.9 Å². The van der Waals surface area contributed by atoms with E-state index < -0.39 is 0 Å². The van der Waals surface area contributed by atoms with Gasteiger partial charge in [-0.25, -0.2) is 0 Å². The van der Waals surface area contributed by atoms with Crippen LogP contribution in [0.25, 0.3) is 0 Å². The first-order chi connectivity index (χ1) is 8.95. The van der Waals surface area contributed by atoms with Gasteiger partial charge >= 0.3 is 0 Å². The van der Waals surface area contributed by atoms with E-state index in [4.69, 9.17) is 0 Å². The minimum absolute atomic E-state index is 0.167. The van der Waals surface area contributed by atoms with Gasteiger partial charge in [-0.2, -0.15) is 0 Å². The molecule has 0 amide bonds. The van der Waals surface area contributed by atoms with Crippen LogP contribution in [0.4, 0.5) is 0 Å². The molecule has 0 fully saturated rings. The van der Waals surface area contributed by atoms with Crippen molar-refractivity contribution in [1.29, 1.82) is 0 Å². The number of nitrogens with zero attached hydrogens (tertiary/aromatic N) is 2. The zero-order chi connectivity index (χ0) is 14.4. The van der Waals surface area contributed by atoms with E-state index in [1.54, 1.807) is 0 Å². The molecule has 1 atom stereocenters. The molecule has 0 aliphatic heterocycles. The second kappa shape index (κ2) is 7.78. The lowest BCUT2D eigenvalue weighted by atomic mass is 10.1. The molecule has 0 aromatic heterocycles. The lowest BCUT2D eigenvalue weighted by molar-refractivity contribution is 0.0888. The molecular formula is C15H23BrN2O. The fourth-order valence-corrected chi connectivity index (χ4v) is 2.69. The van der Waals surface area contributed by atoms with E-state index in [1.165, 1.54) is 0 Å². The molecule has 1 unspecified atom stereocenters. The summed E-state index contributed by atoms with van der Waals surface area (Å²) in [5, 5.41) is 0. The summed E-state index contributed by atoms with van der Waals surface area (Å²) in [6, 6.07) is 7.97. The van der Waals surface area contributed by atoms with Crippen LogP contribution in [0, 0.1) is 0 Å². The Morgan fingerprint density at radius 3 is 2.47 bits per heavy atom. The van der Waals surface area contributed by atoms with Crippen LogP contribution in [0.1, 0.15) is 24.2 Å². The van der Waals surface area contributed by atoms with Crippen molar-refractivity contribution in [3.8, 4) is 0 Å². The Morgan fingerprint density at radius 2 is 1.95 bits per heavy atom. The quantitative estimate of drug-likeness (QED) is 0.720. The summed E-state index contributed by atoms with van der Waals surface area (Å²) in [6.45, 7) is 6.56. The van der Waals surface area contributed by atoms with Gasteiger partial charge in [-0.1, -0.05) is 41.1 Å². The molecule has 1 rings (SSSR count). The zero-order valence-corrected chi connectivity index (χ0v) is 13.8. The number of carbonyl (C=O) groups excluding carboxylic acids is 1. The van der Waals surface area contributed by atoms with Crippen molar-refractivity contribution in [2.24, 2.45) is 0 Å². The van der Waals surface area contributed by atoms with E-state index in [1.807, 2.05) is 24.3 Å². The Kier molecular flexibility index (Phi) is 6.69. The standard InChI is InChI=1S/C15H23BrN2O/c1-5-18(12(2)10-17(3)4)11-15(19)13-8-6-7-9-14(13)16/h6-9,12H,5,10-11H2,1-4H3. The average molecular weight is 327 g/mol. The number of Topliss-reactive ketones (excluding diaryl/α,β-unsaturated/α-hetero) is 1. The topological polar surface area (TPSA) is 23.6 Å². The smallest absolute Gasteiger partial charge is 0.177 e. The third-order valence-electron chi connectivity index (χ3n) is 3.18. The van der Waals surface area contributed by atoms with Crippen LogP contribution in [0.5, 0.6) is 0 Å². The lowest BCUT2D eigenvalue weighted by Crippen LogP contribution is -2.42. The van der Waals surface area contributed by atoms with Gasteiger partial charge in [-0.3, -0.25) is 9.69 Å². The second-order valence-electron chi connectivity index (χ2n) is 5.08. The first-order valence-electron chi connectivity index (χ1n) is 6.62. The van der Waals surface area contributed by atoms with Crippen LogP contribution in [-0.4, -0.2) is 55.4 Å². The maximum Gasteiger partial charge on any atom is 0.177 e. The van der Waals surface area contributed by atoms with Crippen molar-refractivity contribution in [3.63, 3.8) is 0 Å². The van der Waals surface area contributed by atoms with Crippen molar-refractivity contribution < 1.29 is 4.79 Å². The maximum atomic E-state index is 12.3. The lowest BCUT2D eigenvalue weighted by Gasteiger charge is -2.29. The predicted octanol–water partition coefficient (Wildman–Crippen LogP) is 2.90. The van der Waals surface area contributed by atoms with Gasteiger partial charge in [0.2, 0.25) is 0 Å². The monoisotopic (exact) mass is 326 g/mol. The number of ketones is 1. The Balaban J connectivity index is 2.71. The Bertz CT molecular complexity index is 420. The van der Waals surface area contributed by atoms with Crippen LogP contribution in [0.2, 0.25) is 0 Å². The Hall–Kier alpha value is -0.710. The molecule has 0 aliphatic carbocycles. The molecule has 0 saturated carbocycles. The molecule has 0 spiro atoms. The highest BCUT2D eigenvalue weighted by Crippen LogP contribution is 2.17. The van der Waals surface area contributed by atoms with Crippen LogP contribution >= 0.6 is 15.9 Å². The first kappa shape index (κ1) is 16.3. The number of likely N-dealkylation sites (N-methyl/N-ethyl adjacent to an activating group) is 2. The normalized spacial score (nSPS) is 13.0. The van der Waals surface area contributed by atoms with Crippen molar-refractivity contribution in [2.75, 3.05) is 33.7 Å². The van der Waals surface area contributed by atoms with E-state index in [-0.39, 0.29) is 5.78 Å². The molecule has 106 valence electrons. The summed E-state index contributed by atoms with van der Waals surface area (Å²) >= 11 is 3.44. The first-order valence-corrected chi connectivity index (χ1v) is 7.41. The maximum absolute atomic E-state index is 12.3. The minimum atomic E-state index is 0.167. The van der Waals surface area contributed by atoms with E-state index in [0.29, 0.717) is 12.6 Å². The number of halogens is 1. The van der Waals surface area contributed by atoms with Crippen molar-refractivity contribution in [1.82, 2.24) is 9.80 Å². The molecule has 0 heterocycles. The molecule has 4 heteroatoms. The third-order valence-corrected chi connectivity index (χ3v) is 3.87. The molecule has 0 aliphatic rings. The highest BCUT2D eigenvalue weighted by Gasteiger charge is 2.18. The number of benzene rings is 1. The summed E-state index contributed by atoms with van der Waals surface area (Å²) in [5.74, 6) is 0.167. The van der Waals surface area contributed by atoms with Gasteiger partial charge in [0.05, 0.1) is 6.54 Å². The molecule has 3 nitrogen and oxygen atoms in total. The predicted molar refractivity (Wildman–Crippen MR) is 83.7 cm³/mol. The van der Waals surface area contributed by atoms with Gasteiger partial charge in [0, 0.05) is 22.6 Å². The molecular weight excluding hydrogens is 304 g/mol. The van der Waals surface area contributed by atoms with Gasteiger partial charge in [0.1, 0.15) is 0 Å². The summed E-state index contributed by atoms with van der Waals surface area (Å²) in [7, 11) is 4.11. The number of carbonyl (C=O) groups is 1. The summed E-state index contributed by atoms with van der Waals surface area (Å²) in [6.07, 6.45) is 0. The van der Waals surface area contributed by atoms with Crippen molar-refractivity contribution >= 4 is 21.7 Å². The Labute approximate surface area is 124 Å². The Morgan fingerprint density at radius 1 is 1.32 bits per heavy atom. The molecule has 0 N–H and O–H groups in total. The number of rotatable bonds is 7. The average Bonchev–Trinajstić information content (AvgIpc) is 2.35. The van der Waals surface area contributed by atoms with Crippen LogP contribution in [0.15, 0.2) is 28.7 Å². The number of hydrogen-bond donors (Lipinski definition) is 0. The highest BCUT2D eigenvalue weighted by molar-refractivity contribution is 9.10. The summed E-state index contributed by atoms with van der Waals surface area (Å²) < 4.78 is 0.872.